The number of aryl methyl sites for hydroxylation is 2. The molecule has 0 aromatic heterocycles. The third-order valence-electron chi connectivity index (χ3n) is 9.09. The minimum Gasteiger partial charge on any atom is -0.251 e. The normalized spacial score (nSPS) is 17.0. The van der Waals surface area contributed by atoms with Gasteiger partial charge in [-0.25, -0.2) is 8.78 Å². The monoisotopic (exact) mass is 643 g/mol. The van der Waals surface area contributed by atoms with Crippen LogP contribution in [0.4, 0.5) is 8.78 Å². The second kappa shape index (κ2) is 16.9. The molecule has 0 saturated carbocycles. The van der Waals surface area contributed by atoms with Crippen LogP contribution >= 0.6 is 16.1 Å². The summed E-state index contributed by atoms with van der Waals surface area (Å²) in [5.74, 6) is -0.479. The van der Waals surface area contributed by atoms with Gasteiger partial charge in [0.05, 0.1) is 0 Å². The number of nitrogens with zero attached hydrogens (tertiary/aromatic N) is 1. The van der Waals surface area contributed by atoms with Gasteiger partial charge < -0.3 is 0 Å². The van der Waals surface area contributed by atoms with E-state index >= 15 is 8.78 Å². The highest BCUT2D eigenvalue weighted by atomic mass is 31.2. The van der Waals surface area contributed by atoms with Crippen molar-refractivity contribution >= 4 is 26.8 Å². The van der Waals surface area contributed by atoms with E-state index in [-0.39, 0.29) is 11.6 Å². The van der Waals surface area contributed by atoms with Gasteiger partial charge in [-0.1, -0.05) is 113 Å². The van der Waals surface area contributed by atoms with Crippen molar-refractivity contribution in [1.29, 1.82) is 0 Å². The van der Waals surface area contributed by atoms with E-state index in [1.54, 1.807) is 24.3 Å². The molecule has 0 amide bonds. The van der Waals surface area contributed by atoms with Gasteiger partial charge >= 0.3 is 0 Å². The molecule has 1 fully saturated rings. The van der Waals surface area contributed by atoms with Crippen LogP contribution in [0.3, 0.4) is 0 Å². The van der Waals surface area contributed by atoms with Gasteiger partial charge in [0.1, 0.15) is 11.6 Å². The maximum absolute atomic E-state index is 15.8. The van der Waals surface area contributed by atoms with Gasteiger partial charge in [-0.05, 0) is 99.5 Å². The zero-order chi connectivity index (χ0) is 31.6. The molecule has 1 nitrogen and oxygen atoms in total. The van der Waals surface area contributed by atoms with Crippen molar-refractivity contribution in [2.24, 2.45) is 0 Å². The molecular formula is C40H49F2NP2. The summed E-state index contributed by atoms with van der Waals surface area (Å²) in [6.07, 6.45) is 11.2. The molecule has 5 rings (SSSR count). The lowest BCUT2D eigenvalue weighted by Gasteiger charge is -2.42. The van der Waals surface area contributed by atoms with Crippen molar-refractivity contribution in [3.8, 4) is 0 Å². The van der Waals surface area contributed by atoms with Crippen LogP contribution in [-0.2, 0) is 12.8 Å². The molecule has 0 radical (unpaired) electrons. The summed E-state index contributed by atoms with van der Waals surface area (Å²) < 4.78 is 34.3. The average molecular weight is 644 g/mol. The van der Waals surface area contributed by atoms with Crippen LogP contribution in [0, 0.1) is 11.6 Å². The fraction of sp³-hybridized carbons (Fsp3) is 0.400. The van der Waals surface area contributed by atoms with E-state index in [1.807, 2.05) is 24.3 Å². The molecular weight excluding hydrogens is 594 g/mol. The predicted molar refractivity (Wildman–Crippen MR) is 192 cm³/mol. The van der Waals surface area contributed by atoms with Gasteiger partial charge in [-0.2, -0.15) is 0 Å². The summed E-state index contributed by atoms with van der Waals surface area (Å²) in [7, 11) is -2.25. The van der Waals surface area contributed by atoms with Gasteiger partial charge in [0.15, 0.2) is 0 Å². The molecule has 4 aromatic carbocycles. The Bertz CT molecular complexity index is 1370. The summed E-state index contributed by atoms with van der Waals surface area (Å²) in [5.41, 5.74) is 6.22. The third kappa shape index (κ3) is 8.29. The number of hydrogen-bond acceptors (Lipinski definition) is 1. The first-order valence-corrected chi connectivity index (χ1v) is 19.8. The van der Waals surface area contributed by atoms with E-state index in [2.05, 4.69) is 73.7 Å². The fourth-order valence-corrected chi connectivity index (χ4v) is 14.1. The van der Waals surface area contributed by atoms with Gasteiger partial charge in [-0.3, -0.25) is 4.44 Å². The lowest BCUT2D eigenvalue weighted by molar-refractivity contribution is 0.617. The molecule has 1 aliphatic heterocycles. The largest absolute Gasteiger partial charge is 0.251 e. The zero-order valence-corrected chi connectivity index (χ0v) is 29.1. The van der Waals surface area contributed by atoms with E-state index in [0.29, 0.717) is 21.9 Å². The van der Waals surface area contributed by atoms with Crippen LogP contribution in [-0.4, -0.2) is 11.0 Å². The Morgan fingerprint density at radius 1 is 0.600 bits per heavy atom. The van der Waals surface area contributed by atoms with E-state index in [1.165, 1.54) is 47.9 Å². The first kappa shape index (κ1) is 33.9. The Morgan fingerprint density at radius 3 is 1.42 bits per heavy atom. The summed E-state index contributed by atoms with van der Waals surface area (Å²) in [4.78, 5) is 0. The Hall–Kier alpha value is -2.44. The zero-order valence-electron chi connectivity index (χ0n) is 27.3. The van der Waals surface area contributed by atoms with E-state index in [4.69, 9.17) is 0 Å². The fourth-order valence-electron chi connectivity index (χ4n) is 6.58. The summed E-state index contributed by atoms with van der Waals surface area (Å²) in [6, 6.07) is 32.9. The Kier molecular flexibility index (Phi) is 12.8. The molecule has 45 heavy (non-hydrogen) atoms. The quantitative estimate of drug-likeness (QED) is 0.117. The topological polar surface area (TPSA) is 3.24 Å². The van der Waals surface area contributed by atoms with Gasteiger partial charge in [0.2, 0.25) is 0 Å². The Morgan fingerprint density at radius 2 is 1.02 bits per heavy atom. The minimum absolute atomic E-state index is 0.240. The summed E-state index contributed by atoms with van der Waals surface area (Å²) >= 11 is 0. The minimum atomic E-state index is -1.43. The first-order valence-electron chi connectivity index (χ1n) is 17.1. The highest BCUT2D eigenvalue weighted by Crippen LogP contribution is 2.76. The molecule has 0 spiro atoms. The molecule has 0 bridgehead atoms. The Labute approximate surface area is 273 Å². The molecule has 1 heterocycles. The lowest BCUT2D eigenvalue weighted by Crippen LogP contribution is -2.30. The molecule has 238 valence electrons. The Balaban J connectivity index is 1.64. The van der Waals surface area contributed by atoms with E-state index < -0.39 is 16.1 Å². The number of benzene rings is 4. The van der Waals surface area contributed by atoms with E-state index in [9.17, 15) is 0 Å². The smallest absolute Gasteiger partial charge is 0.132 e. The molecule has 0 unspecified atom stereocenters. The van der Waals surface area contributed by atoms with Crippen LogP contribution < -0.4 is 10.6 Å². The first-order chi connectivity index (χ1) is 22.0. The van der Waals surface area contributed by atoms with Crippen LogP contribution in [0.25, 0.3) is 0 Å². The molecule has 2 atom stereocenters. The maximum Gasteiger partial charge on any atom is 0.132 e. The second-order valence-corrected chi connectivity index (χ2v) is 17.2. The molecule has 5 heteroatoms. The molecule has 4 aromatic rings. The van der Waals surface area contributed by atoms with Crippen LogP contribution in [0.1, 0.15) is 106 Å². The lowest BCUT2D eigenvalue weighted by atomic mass is 10.0. The predicted octanol–water partition coefficient (Wildman–Crippen LogP) is 11.8. The van der Waals surface area contributed by atoms with Gasteiger partial charge in [-0.15, -0.1) is 0 Å². The van der Waals surface area contributed by atoms with Gasteiger partial charge in [0, 0.05) is 36.5 Å². The molecule has 1 saturated heterocycles. The molecule has 0 aliphatic carbocycles. The van der Waals surface area contributed by atoms with Crippen molar-refractivity contribution < 1.29 is 8.78 Å². The van der Waals surface area contributed by atoms with Crippen LogP contribution in [0.2, 0.25) is 0 Å². The molecule has 1 aliphatic rings. The van der Waals surface area contributed by atoms with Crippen LogP contribution in [0.5, 0.6) is 0 Å². The van der Waals surface area contributed by atoms with Crippen molar-refractivity contribution in [1.82, 2.24) is 4.44 Å². The number of halogens is 2. The van der Waals surface area contributed by atoms with Crippen LogP contribution in [0.15, 0.2) is 97.1 Å². The number of rotatable bonds is 15. The molecule has 0 N–H and O–H groups in total. The van der Waals surface area contributed by atoms with Crippen molar-refractivity contribution in [2.75, 3.05) is 6.54 Å². The number of hydrogen-bond donors (Lipinski definition) is 0. The maximum atomic E-state index is 15.8. The van der Waals surface area contributed by atoms with Crippen molar-refractivity contribution in [2.45, 2.75) is 96.3 Å². The third-order valence-corrected chi connectivity index (χ3v) is 15.7. The average Bonchev–Trinajstić information content (AvgIpc) is 3.51. The summed E-state index contributed by atoms with van der Waals surface area (Å²) in [6.45, 7) is 7.52. The summed E-state index contributed by atoms with van der Waals surface area (Å²) in [5, 5.41) is 1.26. The van der Waals surface area contributed by atoms with E-state index in [0.717, 1.165) is 45.1 Å². The van der Waals surface area contributed by atoms with Crippen molar-refractivity contribution in [3.05, 3.63) is 131 Å². The number of unbranched alkanes of at least 4 members (excludes halogenated alkanes) is 3. The highest BCUT2D eigenvalue weighted by Gasteiger charge is 2.45. The second-order valence-electron chi connectivity index (χ2n) is 12.3. The SMILES string of the molecule is CCCCc1ccc([C@@H]2CC[C@@H](c3ccc(CCCC)cc3)P2N(CCCC)P(c2ccccc2F)c2ccccc2F)cc1. The standard InChI is InChI=1S/C40H49F2NP2/c1-4-7-14-31-20-24-33(25-21-31)37-28-29-38(34-26-22-32(23-27-34)15-8-5-2)44(37)43(30-9-6-3)45(39-18-12-10-16-35(39)41)40-19-13-11-17-36(40)42/h10-13,16-27,37-38H,4-9,14-15,28-30H2,1-3H3/t37-,38-/m0/s1. The van der Waals surface area contributed by atoms with Crippen molar-refractivity contribution in [3.63, 3.8) is 0 Å². The van der Waals surface area contributed by atoms with Gasteiger partial charge in [0.25, 0.3) is 0 Å². The highest BCUT2D eigenvalue weighted by molar-refractivity contribution is 7.79.